The number of hydrogen-bond donors (Lipinski definition) is 2. The van der Waals surface area contributed by atoms with Gasteiger partial charge in [-0.05, 0) is 37.0 Å². The van der Waals surface area contributed by atoms with Gasteiger partial charge in [-0.25, -0.2) is 14.5 Å². The van der Waals surface area contributed by atoms with Crippen LogP contribution in [0.15, 0.2) is 24.3 Å². The minimum Gasteiger partial charge on any atom is -0.480 e. The topological polar surface area (TPSA) is 86.7 Å². The summed E-state index contributed by atoms with van der Waals surface area (Å²) in [6.07, 6.45) is -2.05. The normalized spacial score (nSPS) is 22.7. The van der Waals surface area contributed by atoms with Gasteiger partial charge in [0, 0.05) is 10.6 Å². The maximum Gasteiger partial charge on any atom is 0.408 e. The number of nitrogens with zero attached hydrogens (tertiary/aromatic N) is 1. The number of alkyl halides is 3. The molecule has 1 saturated carbocycles. The van der Waals surface area contributed by atoms with Crippen molar-refractivity contribution in [1.82, 2.24) is 10.2 Å². The number of carbonyl (C=O) groups is 3. The van der Waals surface area contributed by atoms with Crippen molar-refractivity contribution >= 4 is 29.5 Å². The van der Waals surface area contributed by atoms with E-state index in [9.17, 15) is 32.7 Å². The van der Waals surface area contributed by atoms with Crippen molar-refractivity contribution in [2.75, 3.05) is 0 Å². The molecule has 3 rings (SSSR count). The molecule has 3 amide bonds. The first-order valence-electron chi connectivity index (χ1n) is 9.80. The molecule has 2 N–H and O–H groups in total. The highest BCUT2D eigenvalue weighted by atomic mass is 35.5. The molecular weight excluding hydrogens is 437 g/mol. The maximum absolute atomic E-state index is 13.6. The van der Waals surface area contributed by atoms with E-state index in [1.54, 1.807) is 18.2 Å². The van der Waals surface area contributed by atoms with Crippen LogP contribution in [0.1, 0.15) is 37.7 Å². The number of rotatable bonds is 3. The third-order valence-corrected chi connectivity index (χ3v) is 5.75. The fourth-order valence-corrected chi connectivity index (χ4v) is 4.16. The van der Waals surface area contributed by atoms with E-state index in [0.29, 0.717) is 41.2 Å². The van der Waals surface area contributed by atoms with Crippen molar-refractivity contribution in [2.45, 2.75) is 50.4 Å². The molecule has 0 unspecified atom stereocenters. The van der Waals surface area contributed by atoms with Crippen molar-refractivity contribution < 1.29 is 32.7 Å². The van der Waals surface area contributed by atoms with E-state index >= 15 is 0 Å². The number of carboxylic acids is 1. The molecule has 1 aromatic rings. The zero-order chi connectivity index (χ0) is 22.8. The van der Waals surface area contributed by atoms with Crippen LogP contribution in [0.25, 0.3) is 0 Å². The Morgan fingerprint density at radius 3 is 2.48 bits per heavy atom. The molecule has 0 bridgehead atoms. The van der Waals surface area contributed by atoms with Crippen LogP contribution in [0.3, 0.4) is 0 Å². The summed E-state index contributed by atoms with van der Waals surface area (Å²) in [5.41, 5.74) is 0.432. The average molecular weight is 457 g/mol. The second kappa shape index (κ2) is 9.18. The minimum atomic E-state index is -4.71. The molecule has 0 spiro atoms. The minimum absolute atomic E-state index is 0.300. The Labute approximate surface area is 181 Å². The lowest BCUT2D eigenvalue weighted by Crippen LogP contribution is -2.69. The first kappa shape index (κ1) is 22.9. The highest BCUT2D eigenvalue weighted by Crippen LogP contribution is 2.35. The molecule has 1 saturated heterocycles. The Hall–Kier alpha value is -2.73. The molecule has 10 heteroatoms. The highest BCUT2D eigenvalue weighted by molar-refractivity contribution is 6.30. The van der Waals surface area contributed by atoms with Gasteiger partial charge in [-0.3, -0.25) is 4.79 Å². The molecule has 1 aromatic carbocycles. The van der Waals surface area contributed by atoms with Crippen molar-refractivity contribution in [3.63, 3.8) is 0 Å². The summed E-state index contributed by atoms with van der Waals surface area (Å²) in [5, 5.41) is 11.7. The van der Waals surface area contributed by atoms with E-state index in [4.69, 9.17) is 11.6 Å². The van der Waals surface area contributed by atoms with Crippen molar-refractivity contribution in [1.29, 1.82) is 0 Å². The standard InChI is InChI=1S/C21H20ClF3N2O4/c22-14-8-4-5-12(11-14)9-10-15-16(19(29)30)27(18(15)28)20(31)26-17(21(23,24)25)13-6-2-1-3-7-13/h4-5,8,11,13,15-17H,1-3,6-7H2,(H,26,31)(H,29,30)/t15-,16+,17+/m1/s1. The number of carboxylic acid groups (broad SMARTS) is 1. The van der Waals surface area contributed by atoms with E-state index in [2.05, 4.69) is 11.8 Å². The summed E-state index contributed by atoms with van der Waals surface area (Å²) >= 11 is 5.85. The predicted molar refractivity (Wildman–Crippen MR) is 105 cm³/mol. The van der Waals surface area contributed by atoms with Crippen molar-refractivity contribution in [3.05, 3.63) is 34.9 Å². The molecule has 1 heterocycles. The smallest absolute Gasteiger partial charge is 0.408 e. The first-order valence-corrected chi connectivity index (χ1v) is 10.2. The van der Waals surface area contributed by atoms with Crippen LogP contribution in [-0.2, 0) is 9.59 Å². The van der Waals surface area contributed by atoms with Gasteiger partial charge in [0.1, 0.15) is 12.0 Å². The molecule has 2 fully saturated rings. The quantitative estimate of drug-likeness (QED) is 0.534. The van der Waals surface area contributed by atoms with E-state index in [1.807, 2.05) is 5.32 Å². The molecule has 2 aliphatic rings. The number of imide groups is 1. The maximum atomic E-state index is 13.6. The Balaban J connectivity index is 1.76. The van der Waals surface area contributed by atoms with Gasteiger partial charge < -0.3 is 10.4 Å². The third kappa shape index (κ3) is 5.13. The summed E-state index contributed by atoms with van der Waals surface area (Å²) in [5.74, 6) is 0.478. The zero-order valence-corrected chi connectivity index (χ0v) is 17.0. The number of urea groups is 1. The van der Waals surface area contributed by atoms with E-state index in [1.165, 1.54) is 6.07 Å². The highest BCUT2D eigenvalue weighted by Gasteiger charge is 2.56. The Morgan fingerprint density at radius 1 is 1.23 bits per heavy atom. The molecular formula is C21H20ClF3N2O4. The number of aliphatic carboxylic acids is 1. The summed E-state index contributed by atoms with van der Waals surface area (Å²) < 4.78 is 40.7. The van der Waals surface area contributed by atoms with Crippen LogP contribution in [0.4, 0.5) is 18.0 Å². The second-order valence-electron chi connectivity index (χ2n) is 7.62. The molecule has 1 aliphatic heterocycles. The molecule has 0 radical (unpaired) electrons. The van der Waals surface area contributed by atoms with Crippen LogP contribution in [0, 0.1) is 23.7 Å². The van der Waals surface area contributed by atoms with Crippen LogP contribution in [-0.4, -0.2) is 46.2 Å². The summed E-state index contributed by atoms with van der Waals surface area (Å²) in [4.78, 5) is 36.8. The van der Waals surface area contributed by atoms with Crippen LogP contribution in [0.2, 0.25) is 5.02 Å². The number of nitrogens with one attached hydrogen (secondary N) is 1. The number of β-lactam (4-membered cyclic amide) rings is 1. The van der Waals surface area contributed by atoms with Crippen molar-refractivity contribution in [3.8, 4) is 11.8 Å². The van der Waals surface area contributed by atoms with Gasteiger partial charge in [0.05, 0.1) is 0 Å². The van der Waals surface area contributed by atoms with Crippen LogP contribution in [0.5, 0.6) is 0 Å². The fraction of sp³-hybridized carbons (Fsp3) is 0.476. The second-order valence-corrected chi connectivity index (χ2v) is 8.05. The van der Waals surface area contributed by atoms with Gasteiger partial charge in [0.2, 0.25) is 5.91 Å². The van der Waals surface area contributed by atoms with Gasteiger partial charge >= 0.3 is 18.2 Å². The monoisotopic (exact) mass is 456 g/mol. The van der Waals surface area contributed by atoms with Gasteiger partial charge in [0.15, 0.2) is 6.04 Å². The van der Waals surface area contributed by atoms with Crippen molar-refractivity contribution in [2.24, 2.45) is 11.8 Å². The molecule has 0 aromatic heterocycles. The molecule has 166 valence electrons. The summed E-state index contributed by atoms with van der Waals surface area (Å²) in [6, 6.07) is 1.16. The number of carbonyl (C=O) groups excluding carboxylic acids is 2. The van der Waals surface area contributed by atoms with E-state index < -0.39 is 48.0 Å². The Morgan fingerprint density at radius 2 is 1.90 bits per heavy atom. The Bertz CT molecular complexity index is 935. The Kier molecular flexibility index (Phi) is 6.80. The average Bonchev–Trinajstić information content (AvgIpc) is 2.69. The number of hydrogen-bond acceptors (Lipinski definition) is 3. The number of halogens is 4. The number of likely N-dealkylation sites (tertiary alicyclic amines) is 1. The molecule has 1 aliphatic carbocycles. The summed E-state index contributed by atoms with van der Waals surface area (Å²) in [7, 11) is 0. The van der Waals surface area contributed by atoms with E-state index in [-0.39, 0.29) is 0 Å². The van der Waals surface area contributed by atoms with Gasteiger partial charge in [-0.15, -0.1) is 0 Å². The van der Waals surface area contributed by atoms with Crippen LogP contribution < -0.4 is 5.32 Å². The first-order chi connectivity index (χ1) is 14.6. The molecule has 3 atom stereocenters. The SMILES string of the molecule is O=C(O)[C@@H]1[C@@H](C#Cc2cccc(Cl)c2)C(=O)N1C(=O)N[C@@H](C1CCCCC1)C(F)(F)F. The third-order valence-electron chi connectivity index (χ3n) is 5.52. The van der Waals surface area contributed by atoms with E-state index in [0.717, 1.165) is 6.42 Å². The van der Waals surface area contributed by atoms with Gasteiger partial charge in [0.25, 0.3) is 0 Å². The van der Waals surface area contributed by atoms with Gasteiger partial charge in [-0.2, -0.15) is 13.2 Å². The van der Waals surface area contributed by atoms with Gasteiger partial charge in [-0.1, -0.05) is 48.8 Å². The lowest BCUT2D eigenvalue weighted by Gasteiger charge is -2.42. The largest absolute Gasteiger partial charge is 0.480 e. The number of amides is 3. The van der Waals surface area contributed by atoms with Crippen LogP contribution >= 0.6 is 11.6 Å². The molecule has 6 nitrogen and oxygen atoms in total. The zero-order valence-electron chi connectivity index (χ0n) is 16.3. The predicted octanol–water partition coefficient (Wildman–Crippen LogP) is 3.82. The number of benzene rings is 1. The molecule has 31 heavy (non-hydrogen) atoms. The fourth-order valence-electron chi connectivity index (χ4n) is 3.97. The lowest BCUT2D eigenvalue weighted by molar-refractivity contribution is -0.171. The summed E-state index contributed by atoms with van der Waals surface area (Å²) in [6.45, 7) is 0. The lowest BCUT2D eigenvalue weighted by atomic mass is 9.83.